The van der Waals surface area contributed by atoms with Gasteiger partial charge in [0.25, 0.3) is 0 Å². The van der Waals surface area contributed by atoms with E-state index in [0.717, 1.165) is 29.4 Å². The molecular formula is C16H19N3O2. The van der Waals surface area contributed by atoms with Crippen LogP contribution in [0.2, 0.25) is 0 Å². The molecule has 0 spiro atoms. The maximum atomic E-state index is 12.4. The molecule has 0 unspecified atom stereocenters. The van der Waals surface area contributed by atoms with Gasteiger partial charge in [0.05, 0.1) is 17.8 Å². The molecule has 0 atom stereocenters. The Hall–Kier alpha value is -2.14. The minimum atomic E-state index is -0.164. The monoisotopic (exact) mass is 285 g/mol. The number of nitrogens with one attached hydrogen (secondary N) is 1. The third kappa shape index (κ3) is 2.97. The van der Waals surface area contributed by atoms with E-state index in [1.54, 1.807) is 4.90 Å². The number of para-hydroxylation sites is 1. The molecule has 1 aromatic carbocycles. The van der Waals surface area contributed by atoms with Gasteiger partial charge in [-0.1, -0.05) is 18.2 Å². The molecule has 3 rings (SSSR count). The highest BCUT2D eigenvalue weighted by molar-refractivity contribution is 5.99. The van der Waals surface area contributed by atoms with Crippen LogP contribution in [-0.2, 0) is 0 Å². The van der Waals surface area contributed by atoms with Gasteiger partial charge >= 0.3 is 6.03 Å². The van der Waals surface area contributed by atoms with Gasteiger partial charge in [0.15, 0.2) is 0 Å². The van der Waals surface area contributed by atoms with Crippen molar-refractivity contribution < 1.29 is 9.90 Å². The Labute approximate surface area is 123 Å². The van der Waals surface area contributed by atoms with E-state index in [1.807, 2.05) is 37.3 Å². The number of nitrogens with zero attached hydrogens (tertiary/aromatic N) is 2. The second-order valence-electron chi connectivity index (χ2n) is 5.41. The van der Waals surface area contributed by atoms with Crippen molar-refractivity contribution in [1.29, 1.82) is 0 Å². The second kappa shape index (κ2) is 5.69. The molecule has 5 nitrogen and oxygen atoms in total. The Morgan fingerprint density at radius 2 is 2.19 bits per heavy atom. The lowest BCUT2D eigenvalue weighted by atomic mass is 10.2. The summed E-state index contributed by atoms with van der Waals surface area (Å²) in [6, 6.07) is 9.79. The van der Waals surface area contributed by atoms with Crippen LogP contribution in [0, 0.1) is 6.92 Å². The highest BCUT2D eigenvalue weighted by Gasteiger charge is 2.32. The molecule has 2 amide bonds. The van der Waals surface area contributed by atoms with Gasteiger partial charge in [0, 0.05) is 23.7 Å². The lowest BCUT2D eigenvalue weighted by molar-refractivity contribution is 0.185. The van der Waals surface area contributed by atoms with Gasteiger partial charge in [-0.25, -0.2) is 4.79 Å². The number of hydrogen-bond donors (Lipinski definition) is 2. The van der Waals surface area contributed by atoms with E-state index < -0.39 is 0 Å². The molecule has 110 valence electrons. The molecule has 0 radical (unpaired) electrons. The molecule has 1 aromatic heterocycles. The first-order valence-corrected chi connectivity index (χ1v) is 7.24. The summed E-state index contributed by atoms with van der Waals surface area (Å²) in [5.74, 6) is 0. The molecule has 0 bridgehead atoms. The Balaban J connectivity index is 1.86. The summed E-state index contributed by atoms with van der Waals surface area (Å²) >= 11 is 0. The van der Waals surface area contributed by atoms with E-state index in [0.29, 0.717) is 12.2 Å². The van der Waals surface area contributed by atoms with Crippen LogP contribution in [0.25, 0.3) is 10.9 Å². The molecule has 1 aliphatic rings. The highest BCUT2D eigenvalue weighted by atomic mass is 16.3. The molecule has 21 heavy (non-hydrogen) atoms. The number of aryl methyl sites for hydroxylation is 1. The number of benzene rings is 1. The lowest BCUT2D eigenvalue weighted by Gasteiger charge is -2.22. The van der Waals surface area contributed by atoms with Crippen molar-refractivity contribution >= 4 is 22.6 Å². The van der Waals surface area contributed by atoms with Crippen molar-refractivity contribution in [3.63, 3.8) is 0 Å². The van der Waals surface area contributed by atoms with Crippen molar-refractivity contribution in [3.8, 4) is 0 Å². The number of carbonyl (C=O) groups excluding carboxylic acids is 1. The molecule has 0 saturated heterocycles. The van der Waals surface area contributed by atoms with Crippen LogP contribution in [0.5, 0.6) is 0 Å². The zero-order valence-corrected chi connectivity index (χ0v) is 12.0. The Kier molecular flexibility index (Phi) is 3.75. The first-order chi connectivity index (χ1) is 10.2. The van der Waals surface area contributed by atoms with Gasteiger partial charge < -0.3 is 15.3 Å². The quantitative estimate of drug-likeness (QED) is 0.907. The average Bonchev–Trinajstić information content (AvgIpc) is 3.30. The number of hydrogen-bond acceptors (Lipinski definition) is 3. The van der Waals surface area contributed by atoms with Crippen LogP contribution in [0.15, 0.2) is 30.3 Å². The van der Waals surface area contributed by atoms with E-state index in [4.69, 9.17) is 5.11 Å². The van der Waals surface area contributed by atoms with Crippen molar-refractivity contribution in [2.75, 3.05) is 18.5 Å². The number of pyridine rings is 1. The number of aromatic nitrogens is 1. The first kappa shape index (κ1) is 13.8. The average molecular weight is 285 g/mol. The van der Waals surface area contributed by atoms with Crippen molar-refractivity contribution in [1.82, 2.24) is 9.88 Å². The first-order valence-electron chi connectivity index (χ1n) is 7.24. The molecule has 5 heteroatoms. The fourth-order valence-electron chi connectivity index (χ4n) is 2.48. The number of rotatable bonds is 4. The number of aliphatic hydroxyl groups excluding tert-OH is 1. The van der Waals surface area contributed by atoms with Gasteiger partial charge in [-0.15, -0.1) is 0 Å². The fourth-order valence-corrected chi connectivity index (χ4v) is 2.48. The lowest BCUT2D eigenvalue weighted by Crippen LogP contribution is -2.38. The third-order valence-corrected chi connectivity index (χ3v) is 3.69. The van der Waals surface area contributed by atoms with Crippen LogP contribution >= 0.6 is 0 Å². The molecule has 1 fully saturated rings. The van der Waals surface area contributed by atoms with Gasteiger partial charge in [-0.3, -0.25) is 4.98 Å². The zero-order valence-electron chi connectivity index (χ0n) is 12.0. The maximum absolute atomic E-state index is 12.4. The molecule has 0 aliphatic heterocycles. The topological polar surface area (TPSA) is 65.5 Å². The zero-order chi connectivity index (χ0) is 14.8. The number of aliphatic hydroxyl groups is 1. The van der Waals surface area contributed by atoms with E-state index >= 15 is 0 Å². The predicted molar refractivity (Wildman–Crippen MR) is 82.3 cm³/mol. The molecule has 1 saturated carbocycles. The van der Waals surface area contributed by atoms with E-state index in [-0.39, 0.29) is 18.7 Å². The Bertz CT molecular complexity index is 668. The predicted octanol–water partition coefficient (Wildman–Crippen LogP) is 2.53. The van der Waals surface area contributed by atoms with Gasteiger partial charge in [-0.2, -0.15) is 0 Å². The standard InChI is InChI=1S/C16H19N3O2/c1-11-5-6-12-3-2-4-14(15(12)17-11)18-16(21)19(9-10-20)13-7-8-13/h2-6,13,20H,7-10H2,1H3,(H,18,21). The molecule has 2 N–H and O–H groups in total. The number of fused-ring (bicyclic) bond motifs is 1. The summed E-state index contributed by atoms with van der Waals surface area (Å²) in [5.41, 5.74) is 2.42. The number of anilines is 1. The van der Waals surface area contributed by atoms with Crippen molar-refractivity contribution in [2.24, 2.45) is 0 Å². The SMILES string of the molecule is Cc1ccc2cccc(NC(=O)N(CCO)C3CC3)c2n1. The summed E-state index contributed by atoms with van der Waals surface area (Å²) in [6.07, 6.45) is 2.03. The normalized spacial score (nSPS) is 14.2. The Morgan fingerprint density at radius 3 is 2.90 bits per heavy atom. The summed E-state index contributed by atoms with van der Waals surface area (Å²) in [6.45, 7) is 2.28. The largest absolute Gasteiger partial charge is 0.395 e. The number of amides is 2. The number of urea groups is 1. The van der Waals surface area contributed by atoms with Crippen LogP contribution in [0.4, 0.5) is 10.5 Å². The van der Waals surface area contributed by atoms with Crippen LogP contribution in [-0.4, -0.2) is 40.2 Å². The van der Waals surface area contributed by atoms with Crippen molar-refractivity contribution in [2.45, 2.75) is 25.8 Å². The van der Waals surface area contributed by atoms with Gasteiger partial charge in [-0.05, 0) is 31.9 Å². The van der Waals surface area contributed by atoms with Crippen LogP contribution in [0.1, 0.15) is 18.5 Å². The van der Waals surface area contributed by atoms with Crippen LogP contribution in [0.3, 0.4) is 0 Å². The van der Waals surface area contributed by atoms with E-state index in [2.05, 4.69) is 10.3 Å². The summed E-state index contributed by atoms with van der Waals surface area (Å²) < 4.78 is 0. The minimum Gasteiger partial charge on any atom is -0.395 e. The summed E-state index contributed by atoms with van der Waals surface area (Å²) in [4.78, 5) is 18.6. The summed E-state index contributed by atoms with van der Waals surface area (Å²) in [5, 5.41) is 13.0. The Morgan fingerprint density at radius 1 is 1.38 bits per heavy atom. The second-order valence-corrected chi connectivity index (χ2v) is 5.41. The van der Waals surface area contributed by atoms with E-state index in [9.17, 15) is 4.79 Å². The molecular weight excluding hydrogens is 266 g/mol. The molecule has 2 aromatic rings. The number of carbonyl (C=O) groups is 1. The smallest absolute Gasteiger partial charge is 0.322 e. The fraction of sp³-hybridized carbons (Fsp3) is 0.375. The van der Waals surface area contributed by atoms with Gasteiger partial charge in [0.1, 0.15) is 0 Å². The maximum Gasteiger partial charge on any atom is 0.322 e. The molecule has 1 heterocycles. The van der Waals surface area contributed by atoms with E-state index in [1.165, 1.54) is 0 Å². The van der Waals surface area contributed by atoms with Crippen molar-refractivity contribution in [3.05, 3.63) is 36.0 Å². The third-order valence-electron chi connectivity index (χ3n) is 3.69. The molecule has 1 aliphatic carbocycles. The minimum absolute atomic E-state index is 0.0170. The highest BCUT2D eigenvalue weighted by Crippen LogP contribution is 2.28. The summed E-state index contributed by atoms with van der Waals surface area (Å²) in [7, 11) is 0. The van der Waals surface area contributed by atoms with Crippen LogP contribution < -0.4 is 5.32 Å². The van der Waals surface area contributed by atoms with Gasteiger partial charge in [0.2, 0.25) is 0 Å².